The number of esters is 1. The normalized spacial score (nSPS) is 10.2. The van der Waals surface area contributed by atoms with Gasteiger partial charge in [-0.05, 0) is 12.1 Å². The Morgan fingerprint density at radius 3 is 2.32 bits per heavy atom. The number of nitrogens with zero attached hydrogens (tertiary/aromatic N) is 1. The van der Waals surface area contributed by atoms with Crippen LogP contribution in [0.4, 0.5) is 11.5 Å². The van der Waals surface area contributed by atoms with Crippen LogP contribution in [0.5, 0.6) is 0 Å². The van der Waals surface area contributed by atoms with Crippen LogP contribution in [-0.4, -0.2) is 18.1 Å². The smallest absolute Gasteiger partial charge is 0.351 e. The van der Waals surface area contributed by atoms with Gasteiger partial charge in [-0.25, -0.2) is 9.78 Å². The maximum absolute atomic E-state index is 12.0. The van der Waals surface area contributed by atoms with Crippen molar-refractivity contribution in [3.63, 3.8) is 0 Å². The minimum absolute atomic E-state index is 0.391. The number of rotatable bonds is 4. The predicted octanol–water partition coefficient (Wildman–Crippen LogP) is 4.34. The third-order valence-electron chi connectivity index (χ3n) is 3.06. The summed E-state index contributed by atoms with van der Waals surface area (Å²) < 4.78 is 4.86. The Morgan fingerprint density at radius 1 is 1.05 bits per heavy atom. The van der Waals surface area contributed by atoms with E-state index in [9.17, 15) is 4.79 Å². The molecule has 2 aromatic carbocycles. The van der Waals surface area contributed by atoms with Gasteiger partial charge in [0, 0.05) is 11.3 Å². The number of carbonyl (C=O) groups excluding carboxylic acids is 1. The summed E-state index contributed by atoms with van der Waals surface area (Å²) in [5.41, 5.74) is 1.84. The number of hydrogen-bond acceptors (Lipinski definition) is 5. The average molecular weight is 310 g/mol. The van der Waals surface area contributed by atoms with Crippen LogP contribution < -0.4 is 5.32 Å². The van der Waals surface area contributed by atoms with Gasteiger partial charge in [-0.2, -0.15) is 0 Å². The largest absolute Gasteiger partial charge is 0.465 e. The first-order valence-electron chi connectivity index (χ1n) is 6.74. The summed E-state index contributed by atoms with van der Waals surface area (Å²) in [7, 11) is 1.37. The van der Waals surface area contributed by atoms with Crippen molar-refractivity contribution in [2.45, 2.75) is 0 Å². The summed E-state index contributed by atoms with van der Waals surface area (Å²) in [6, 6.07) is 19.4. The number of ether oxygens (including phenoxy) is 1. The molecule has 1 aromatic heterocycles. The zero-order chi connectivity index (χ0) is 15.4. The molecule has 1 N–H and O–H groups in total. The summed E-state index contributed by atoms with van der Waals surface area (Å²) in [6.45, 7) is 0. The standard InChI is InChI=1S/C17H14N2O2S/c1-21-17(20)14-15(18-13-10-6-3-7-11-13)19-16(22-14)12-8-4-2-5-9-12/h2-11,18H,1H3. The first-order chi connectivity index (χ1) is 10.8. The van der Waals surface area contributed by atoms with E-state index in [2.05, 4.69) is 10.3 Å². The van der Waals surface area contributed by atoms with Gasteiger partial charge in [-0.1, -0.05) is 48.5 Å². The Kier molecular flexibility index (Phi) is 4.16. The minimum atomic E-state index is -0.391. The molecule has 22 heavy (non-hydrogen) atoms. The monoisotopic (exact) mass is 310 g/mol. The molecule has 0 unspecified atom stereocenters. The molecule has 0 spiro atoms. The molecule has 0 bridgehead atoms. The van der Waals surface area contributed by atoms with Gasteiger partial charge in [-0.15, -0.1) is 11.3 Å². The number of aromatic nitrogens is 1. The molecule has 0 aliphatic carbocycles. The molecule has 0 fully saturated rings. The van der Waals surface area contributed by atoms with Crippen molar-refractivity contribution in [2.24, 2.45) is 0 Å². The number of nitrogens with one attached hydrogen (secondary N) is 1. The first-order valence-corrected chi connectivity index (χ1v) is 7.56. The number of thiazole rings is 1. The average Bonchev–Trinajstić information content (AvgIpc) is 3.00. The van der Waals surface area contributed by atoms with Crippen molar-refractivity contribution >= 4 is 28.8 Å². The lowest BCUT2D eigenvalue weighted by molar-refractivity contribution is 0.0607. The van der Waals surface area contributed by atoms with E-state index in [0.717, 1.165) is 16.3 Å². The maximum atomic E-state index is 12.0. The van der Waals surface area contributed by atoms with Crippen molar-refractivity contribution in [3.05, 3.63) is 65.5 Å². The molecule has 0 aliphatic heterocycles. The van der Waals surface area contributed by atoms with Gasteiger partial charge in [-0.3, -0.25) is 0 Å². The second kappa shape index (κ2) is 6.41. The van der Waals surface area contributed by atoms with Crippen molar-refractivity contribution in [3.8, 4) is 10.6 Å². The van der Waals surface area contributed by atoms with Crippen LogP contribution in [0.1, 0.15) is 9.67 Å². The molecule has 0 aliphatic rings. The highest BCUT2D eigenvalue weighted by Gasteiger charge is 2.19. The molecule has 3 rings (SSSR count). The van der Waals surface area contributed by atoms with E-state index in [-0.39, 0.29) is 0 Å². The SMILES string of the molecule is COC(=O)c1sc(-c2ccccc2)nc1Nc1ccccc1. The number of hydrogen-bond donors (Lipinski definition) is 1. The summed E-state index contributed by atoms with van der Waals surface area (Å²) in [5.74, 6) is 0.125. The zero-order valence-corrected chi connectivity index (χ0v) is 12.8. The lowest BCUT2D eigenvalue weighted by atomic mass is 10.2. The molecular formula is C17H14N2O2S. The van der Waals surface area contributed by atoms with E-state index >= 15 is 0 Å². The molecular weight excluding hydrogens is 296 g/mol. The van der Waals surface area contributed by atoms with E-state index in [4.69, 9.17) is 4.74 Å². The van der Waals surface area contributed by atoms with Gasteiger partial charge in [0.05, 0.1) is 7.11 Å². The number of methoxy groups -OCH3 is 1. The molecule has 4 nitrogen and oxygen atoms in total. The highest BCUT2D eigenvalue weighted by molar-refractivity contribution is 7.17. The van der Waals surface area contributed by atoms with Crippen LogP contribution >= 0.6 is 11.3 Å². The van der Waals surface area contributed by atoms with Crippen molar-refractivity contribution < 1.29 is 9.53 Å². The Hall–Kier alpha value is -2.66. The molecule has 5 heteroatoms. The number of anilines is 2. The van der Waals surface area contributed by atoms with E-state index in [1.165, 1.54) is 18.4 Å². The van der Waals surface area contributed by atoms with Gasteiger partial charge >= 0.3 is 5.97 Å². The van der Waals surface area contributed by atoms with Gasteiger partial charge in [0.1, 0.15) is 5.01 Å². The van der Waals surface area contributed by atoms with Crippen LogP contribution in [0, 0.1) is 0 Å². The van der Waals surface area contributed by atoms with E-state index in [0.29, 0.717) is 10.7 Å². The Balaban J connectivity index is 2.00. The fourth-order valence-corrected chi connectivity index (χ4v) is 2.94. The summed E-state index contributed by atoms with van der Waals surface area (Å²) in [5, 5.41) is 3.95. The van der Waals surface area contributed by atoms with E-state index in [1.807, 2.05) is 60.7 Å². The number of benzene rings is 2. The van der Waals surface area contributed by atoms with E-state index in [1.54, 1.807) is 0 Å². The molecule has 0 saturated carbocycles. The number of carbonyl (C=O) groups is 1. The molecule has 0 radical (unpaired) electrons. The van der Waals surface area contributed by atoms with E-state index < -0.39 is 5.97 Å². The maximum Gasteiger partial charge on any atom is 0.351 e. The summed E-state index contributed by atoms with van der Waals surface area (Å²) in [6.07, 6.45) is 0. The predicted molar refractivity (Wildman–Crippen MR) is 88.6 cm³/mol. The fraction of sp³-hybridized carbons (Fsp3) is 0.0588. The van der Waals surface area contributed by atoms with Crippen LogP contribution in [0.25, 0.3) is 10.6 Å². The van der Waals surface area contributed by atoms with Crippen LogP contribution in [0.3, 0.4) is 0 Å². The zero-order valence-electron chi connectivity index (χ0n) is 11.9. The molecule has 1 heterocycles. The van der Waals surface area contributed by atoms with Crippen molar-refractivity contribution in [1.29, 1.82) is 0 Å². The van der Waals surface area contributed by atoms with Crippen molar-refractivity contribution in [2.75, 3.05) is 12.4 Å². The quantitative estimate of drug-likeness (QED) is 0.728. The van der Waals surface area contributed by atoms with Crippen LogP contribution in [-0.2, 0) is 4.74 Å². The van der Waals surface area contributed by atoms with Crippen LogP contribution in [0.15, 0.2) is 60.7 Å². The van der Waals surface area contributed by atoms with Gasteiger partial charge in [0.15, 0.2) is 10.7 Å². The molecule has 3 aromatic rings. The Bertz CT molecular complexity index is 770. The second-order valence-corrected chi connectivity index (χ2v) is 5.54. The highest BCUT2D eigenvalue weighted by Crippen LogP contribution is 2.33. The first kappa shape index (κ1) is 14.3. The molecule has 110 valence electrons. The topological polar surface area (TPSA) is 51.2 Å². The third-order valence-corrected chi connectivity index (χ3v) is 4.14. The van der Waals surface area contributed by atoms with Gasteiger partial charge < -0.3 is 10.1 Å². The summed E-state index contributed by atoms with van der Waals surface area (Å²) >= 11 is 1.32. The van der Waals surface area contributed by atoms with Crippen molar-refractivity contribution in [1.82, 2.24) is 4.98 Å². The van der Waals surface area contributed by atoms with Crippen LogP contribution in [0.2, 0.25) is 0 Å². The van der Waals surface area contributed by atoms with Gasteiger partial charge in [0.25, 0.3) is 0 Å². The molecule has 0 amide bonds. The second-order valence-electron chi connectivity index (χ2n) is 4.55. The third kappa shape index (κ3) is 2.99. The lowest BCUT2D eigenvalue weighted by Gasteiger charge is -2.04. The minimum Gasteiger partial charge on any atom is -0.465 e. The molecule has 0 atom stereocenters. The number of para-hydroxylation sites is 1. The highest BCUT2D eigenvalue weighted by atomic mass is 32.1. The Labute approximate surface area is 132 Å². The van der Waals surface area contributed by atoms with Gasteiger partial charge in [0.2, 0.25) is 0 Å². The molecule has 0 saturated heterocycles. The Morgan fingerprint density at radius 2 is 1.68 bits per heavy atom. The summed E-state index contributed by atoms with van der Waals surface area (Å²) in [4.78, 5) is 17.0. The fourth-order valence-electron chi connectivity index (χ4n) is 2.00. The lowest BCUT2D eigenvalue weighted by Crippen LogP contribution is -2.02.